The molecular formula is C13H23ClN4O. The molecule has 1 amide bonds. The Labute approximate surface area is 119 Å². The molecule has 5 nitrogen and oxygen atoms in total. The maximum absolute atomic E-state index is 12.0. The van der Waals surface area contributed by atoms with Crippen LogP contribution in [0.2, 0.25) is 5.02 Å². The zero-order chi connectivity index (χ0) is 14.4. The lowest BCUT2D eigenvalue weighted by Crippen LogP contribution is -2.38. The first-order valence-corrected chi connectivity index (χ1v) is 7.08. The Balaban J connectivity index is 2.47. The largest absolute Gasteiger partial charge is 0.353 e. The molecule has 0 bridgehead atoms. The van der Waals surface area contributed by atoms with E-state index < -0.39 is 0 Å². The van der Waals surface area contributed by atoms with Crippen LogP contribution in [0, 0.1) is 6.92 Å². The van der Waals surface area contributed by atoms with E-state index in [1.807, 2.05) is 13.8 Å². The number of carbonyl (C=O) groups excluding carboxylic acids is 1. The van der Waals surface area contributed by atoms with Gasteiger partial charge < -0.3 is 10.2 Å². The zero-order valence-corrected chi connectivity index (χ0v) is 12.9. The number of rotatable bonds is 7. The number of nitrogens with one attached hydrogen (secondary N) is 1. The molecule has 0 aliphatic carbocycles. The van der Waals surface area contributed by atoms with E-state index >= 15 is 0 Å². The lowest BCUT2D eigenvalue weighted by atomic mass is 10.3. The molecule has 0 aliphatic rings. The molecular weight excluding hydrogens is 264 g/mol. The van der Waals surface area contributed by atoms with Crippen molar-refractivity contribution in [3.63, 3.8) is 0 Å². The molecule has 6 heteroatoms. The van der Waals surface area contributed by atoms with Gasteiger partial charge in [-0.25, -0.2) is 0 Å². The smallest absolute Gasteiger partial charge is 0.244 e. The van der Waals surface area contributed by atoms with Gasteiger partial charge in [-0.2, -0.15) is 5.10 Å². The quantitative estimate of drug-likeness (QED) is 0.832. The van der Waals surface area contributed by atoms with Crippen molar-refractivity contribution < 1.29 is 4.79 Å². The van der Waals surface area contributed by atoms with Crippen LogP contribution >= 0.6 is 11.6 Å². The average molecular weight is 287 g/mol. The Hall–Kier alpha value is -1.07. The summed E-state index contributed by atoms with van der Waals surface area (Å²) in [4.78, 5) is 14.3. The summed E-state index contributed by atoms with van der Waals surface area (Å²) in [5, 5.41) is 7.64. The Morgan fingerprint density at radius 1 is 1.53 bits per heavy atom. The molecule has 0 aromatic carbocycles. The van der Waals surface area contributed by atoms with Crippen molar-refractivity contribution >= 4 is 17.5 Å². The van der Waals surface area contributed by atoms with Gasteiger partial charge in [0.15, 0.2) is 0 Å². The van der Waals surface area contributed by atoms with E-state index in [0.717, 1.165) is 25.3 Å². The summed E-state index contributed by atoms with van der Waals surface area (Å²) in [6.45, 7) is 11.4. The molecule has 1 aromatic rings. The summed E-state index contributed by atoms with van der Waals surface area (Å²) in [6, 6.07) is -0.343. The zero-order valence-electron chi connectivity index (χ0n) is 12.1. The lowest BCUT2D eigenvalue weighted by molar-refractivity contribution is -0.124. The van der Waals surface area contributed by atoms with Gasteiger partial charge >= 0.3 is 0 Å². The fourth-order valence-electron chi connectivity index (χ4n) is 1.93. The number of amides is 1. The first kappa shape index (κ1) is 16.0. The molecule has 0 fully saturated rings. The molecule has 1 N–H and O–H groups in total. The van der Waals surface area contributed by atoms with E-state index in [0.29, 0.717) is 11.6 Å². The third-order valence-corrected chi connectivity index (χ3v) is 3.72. The second kappa shape index (κ2) is 7.50. The van der Waals surface area contributed by atoms with Crippen molar-refractivity contribution in [1.82, 2.24) is 20.0 Å². The first-order valence-electron chi connectivity index (χ1n) is 6.70. The van der Waals surface area contributed by atoms with Gasteiger partial charge in [0.05, 0.1) is 16.9 Å². The van der Waals surface area contributed by atoms with Gasteiger partial charge in [0.1, 0.15) is 6.04 Å². The number of halogens is 1. The Bertz CT molecular complexity index is 415. The molecule has 1 atom stereocenters. The first-order chi connectivity index (χ1) is 9.01. The van der Waals surface area contributed by atoms with Crippen LogP contribution in [-0.2, 0) is 4.79 Å². The van der Waals surface area contributed by atoms with E-state index in [-0.39, 0.29) is 11.9 Å². The molecule has 1 rings (SSSR count). The maximum Gasteiger partial charge on any atom is 0.244 e. The van der Waals surface area contributed by atoms with Crippen LogP contribution in [0.4, 0.5) is 0 Å². The van der Waals surface area contributed by atoms with Crippen LogP contribution in [0.5, 0.6) is 0 Å². The molecule has 0 saturated carbocycles. The highest BCUT2D eigenvalue weighted by atomic mass is 35.5. The lowest BCUT2D eigenvalue weighted by Gasteiger charge is -2.19. The molecule has 0 saturated heterocycles. The van der Waals surface area contributed by atoms with E-state index in [1.54, 1.807) is 10.9 Å². The molecule has 1 unspecified atom stereocenters. The second-order valence-electron chi connectivity index (χ2n) is 4.52. The van der Waals surface area contributed by atoms with Crippen LogP contribution in [0.1, 0.15) is 32.5 Å². The van der Waals surface area contributed by atoms with Crippen LogP contribution in [0.25, 0.3) is 0 Å². The normalized spacial score (nSPS) is 12.7. The predicted octanol–water partition coefficient (Wildman–Crippen LogP) is 1.86. The highest BCUT2D eigenvalue weighted by Gasteiger charge is 2.18. The van der Waals surface area contributed by atoms with Crippen molar-refractivity contribution in [3.8, 4) is 0 Å². The standard InChI is InChI=1S/C13H23ClN4O/c1-5-17(6-2)8-7-15-13(19)11(4)18-10(3)12(14)9-16-18/h9,11H,5-8H2,1-4H3,(H,15,19). The topological polar surface area (TPSA) is 50.2 Å². The van der Waals surface area contributed by atoms with Crippen molar-refractivity contribution in [1.29, 1.82) is 0 Å². The van der Waals surface area contributed by atoms with Gasteiger partial charge in [0.2, 0.25) is 5.91 Å². The van der Waals surface area contributed by atoms with Crippen LogP contribution in [-0.4, -0.2) is 46.8 Å². The molecule has 1 heterocycles. The predicted molar refractivity (Wildman–Crippen MR) is 77.5 cm³/mol. The van der Waals surface area contributed by atoms with Crippen molar-refractivity contribution in [2.24, 2.45) is 0 Å². The molecule has 108 valence electrons. The summed E-state index contributed by atoms with van der Waals surface area (Å²) < 4.78 is 1.65. The summed E-state index contributed by atoms with van der Waals surface area (Å²) in [5.74, 6) is -0.0324. The number of nitrogens with zero attached hydrogens (tertiary/aromatic N) is 3. The van der Waals surface area contributed by atoms with Crippen LogP contribution in [0.15, 0.2) is 6.20 Å². The van der Waals surface area contributed by atoms with Crippen molar-refractivity contribution in [2.45, 2.75) is 33.7 Å². The SMILES string of the molecule is CCN(CC)CCNC(=O)C(C)n1ncc(Cl)c1C. The number of hydrogen-bond donors (Lipinski definition) is 1. The summed E-state index contributed by atoms with van der Waals surface area (Å²) in [5.41, 5.74) is 0.813. The Kier molecular flexibility index (Phi) is 6.31. The Morgan fingerprint density at radius 3 is 2.63 bits per heavy atom. The molecule has 0 radical (unpaired) electrons. The van der Waals surface area contributed by atoms with E-state index in [2.05, 4.69) is 29.2 Å². The summed E-state index contributed by atoms with van der Waals surface area (Å²) in [6.07, 6.45) is 1.57. The molecule has 0 aliphatic heterocycles. The van der Waals surface area contributed by atoms with Crippen LogP contribution in [0.3, 0.4) is 0 Å². The minimum absolute atomic E-state index is 0.0324. The van der Waals surface area contributed by atoms with Crippen molar-refractivity contribution in [3.05, 3.63) is 16.9 Å². The van der Waals surface area contributed by atoms with Gasteiger partial charge in [-0.3, -0.25) is 9.48 Å². The van der Waals surface area contributed by atoms with Crippen LogP contribution < -0.4 is 5.32 Å². The number of likely N-dealkylation sites (N-methyl/N-ethyl adjacent to an activating group) is 1. The number of carbonyl (C=O) groups is 1. The monoisotopic (exact) mass is 286 g/mol. The maximum atomic E-state index is 12.0. The van der Waals surface area contributed by atoms with E-state index in [4.69, 9.17) is 11.6 Å². The van der Waals surface area contributed by atoms with Gasteiger partial charge in [-0.05, 0) is 26.9 Å². The highest BCUT2D eigenvalue weighted by Crippen LogP contribution is 2.17. The minimum Gasteiger partial charge on any atom is -0.353 e. The average Bonchev–Trinajstić information content (AvgIpc) is 2.74. The fourth-order valence-corrected chi connectivity index (χ4v) is 2.06. The van der Waals surface area contributed by atoms with Gasteiger partial charge in [-0.1, -0.05) is 25.4 Å². The minimum atomic E-state index is -0.343. The second-order valence-corrected chi connectivity index (χ2v) is 4.92. The summed E-state index contributed by atoms with van der Waals surface area (Å²) >= 11 is 5.94. The van der Waals surface area contributed by atoms with Crippen molar-refractivity contribution in [2.75, 3.05) is 26.2 Å². The van der Waals surface area contributed by atoms with Gasteiger partial charge in [0, 0.05) is 13.1 Å². The number of hydrogen-bond acceptors (Lipinski definition) is 3. The molecule has 1 aromatic heterocycles. The van der Waals surface area contributed by atoms with Gasteiger partial charge in [-0.15, -0.1) is 0 Å². The Morgan fingerprint density at radius 2 is 2.16 bits per heavy atom. The summed E-state index contributed by atoms with van der Waals surface area (Å²) in [7, 11) is 0. The van der Waals surface area contributed by atoms with Gasteiger partial charge in [0.25, 0.3) is 0 Å². The third kappa shape index (κ3) is 4.21. The van der Waals surface area contributed by atoms with E-state index in [9.17, 15) is 4.79 Å². The molecule has 0 spiro atoms. The highest BCUT2D eigenvalue weighted by molar-refractivity contribution is 6.31. The third-order valence-electron chi connectivity index (χ3n) is 3.35. The van der Waals surface area contributed by atoms with E-state index in [1.165, 1.54) is 0 Å². The fraction of sp³-hybridized carbons (Fsp3) is 0.692. The number of aromatic nitrogens is 2. The molecule has 19 heavy (non-hydrogen) atoms.